The second kappa shape index (κ2) is 11.2. The van der Waals surface area contributed by atoms with Crippen molar-refractivity contribution in [3.05, 3.63) is 176 Å². The first kappa shape index (κ1) is 27.0. The molecule has 0 N–H and O–H groups in total. The normalized spacial score (nSPS) is 11.4. The van der Waals surface area contributed by atoms with Gasteiger partial charge >= 0.3 is 0 Å². The van der Waals surface area contributed by atoms with Gasteiger partial charge in [0.15, 0.2) is 0 Å². The zero-order chi connectivity index (χ0) is 31.2. The number of anilines is 3. The van der Waals surface area contributed by atoms with Gasteiger partial charge < -0.3 is 4.90 Å². The average Bonchev–Trinajstić information content (AvgIpc) is 3.48. The van der Waals surface area contributed by atoms with Crippen LogP contribution in [0.15, 0.2) is 176 Å². The lowest BCUT2D eigenvalue weighted by molar-refractivity contribution is 1.26. The van der Waals surface area contributed by atoms with Crippen molar-refractivity contribution in [1.82, 2.24) is 9.97 Å². The number of aromatic nitrogens is 2. The van der Waals surface area contributed by atoms with Gasteiger partial charge in [0.05, 0.1) is 11.4 Å². The number of hydrogen-bond donors (Lipinski definition) is 0. The van der Waals surface area contributed by atoms with Crippen LogP contribution in [0.25, 0.3) is 66.7 Å². The minimum Gasteiger partial charge on any atom is -0.310 e. The second-order valence-electron chi connectivity index (χ2n) is 11.9. The van der Waals surface area contributed by atoms with Crippen molar-refractivity contribution in [3.63, 3.8) is 0 Å². The average molecular weight is 600 g/mol. The molecule has 47 heavy (non-hydrogen) atoms. The molecule has 9 rings (SSSR count). The number of benzene rings is 6. The van der Waals surface area contributed by atoms with Crippen LogP contribution in [0.3, 0.4) is 0 Å². The summed E-state index contributed by atoms with van der Waals surface area (Å²) < 4.78 is 0. The van der Waals surface area contributed by atoms with E-state index in [0.717, 1.165) is 39.6 Å². The molecule has 6 aromatic carbocycles. The Hall–Kier alpha value is -6.32. The predicted molar refractivity (Wildman–Crippen MR) is 195 cm³/mol. The van der Waals surface area contributed by atoms with E-state index < -0.39 is 0 Å². The summed E-state index contributed by atoms with van der Waals surface area (Å²) in [4.78, 5) is 11.7. The number of nitrogens with zero attached hydrogens (tertiary/aromatic N) is 3. The van der Waals surface area contributed by atoms with Crippen molar-refractivity contribution in [2.24, 2.45) is 0 Å². The first-order valence-corrected chi connectivity index (χ1v) is 15.9. The zero-order valence-corrected chi connectivity index (χ0v) is 25.6. The van der Waals surface area contributed by atoms with Crippen LogP contribution in [0.2, 0.25) is 0 Å². The molecule has 0 bridgehead atoms. The summed E-state index contributed by atoms with van der Waals surface area (Å²) in [7, 11) is 0. The fourth-order valence-electron chi connectivity index (χ4n) is 6.98. The van der Waals surface area contributed by atoms with E-state index >= 15 is 0 Å². The molecule has 0 spiro atoms. The molecule has 0 fully saturated rings. The van der Waals surface area contributed by atoms with Gasteiger partial charge in [-0.15, -0.1) is 0 Å². The lowest BCUT2D eigenvalue weighted by Gasteiger charge is -2.27. The molecule has 1 aliphatic carbocycles. The molecule has 3 nitrogen and oxygen atoms in total. The van der Waals surface area contributed by atoms with Gasteiger partial charge in [0.1, 0.15) is 0 Å². The third-order valence-electron chi connectivity index (χ3n) is 9.10. The highest BCUT2D eigenvalue weighted by molar-refractivity contribution is 6.18. The van der Waals surface area contributed by atoms with Crippen molar-refractivity contribution in [3.8, 4) is 55.9 Å². The van der Waals surface area contributed by atoms with E-state index in [-0.39, 0.29) is 0 Å². The molecule has 0 atom stereocenters. The number of hydrogen-bond acceptors (Lipinski definition) is 3. The van der Waals surface area contributed by atoms with Crippen molar-refractivity contribution in [2.45, 2.75) is 0 Å². The Kier molecular flexibility index (Phi) is 6.46. The van der Waals surface area contributed by atoms with E-state index in [0.29, 0.717) is 0 Å². The van der Waals surface area contributed by atoms with Crippen molar-refractivity contribution in [2.75, 3.05) is 4.90 Å². The fourth-order valence-corrected chi connectivity index (χ4v) is 6.98. The lowest BCUT2D eigenvalue weighted by atomic mass is 9.94. The van der Waals surface area contributed by atoms with Crippen LogP contribution < -0.4 is 4.90 Å². The maximum absolute atomic E-state index is 4.69. The van der Waals surface area contributed by atoms with Crippen molar-refractivity contribution in [1.29, 1.82) is 0 Å². The minimum atomic E-state index is 0.920. The van der Waals surface area contributed by atoms with E-state index in [2.05, 4.69) is 144 Å². The quantitative estimate of drug-likeness (QED) is 0.190. The Bertz CT molecular complexity index is 2300. The molecule has 2 heterocycles. The van der Waals surface area contributed by atoms with Crippen LogP contribution in [0.1, 0.15) is 0 Å². The maximum Gasteiger partial charge on any atom is 0.0702 e. The number of pyridine rings is 2. The van der Waals surface area contributed by atoms with E-state index in [9.17, 15) is 0 Å². The Morgan fingerprint density at radius 3 is 1.53 bits per heavy atom. The molecule has 1 aliphatic rings. The third-order valence-corrected chi connectivity index (χ3v) is 9.10. The lowest BCUT2D eigenvalue weighted by Crippen LogP contribution is -2.10. The maximum atomic E-state index is 4.69. The highest BCUT2D eigenvalue weighted by Gasteiger charge is 2.22. The Balaban J connectivity index is 1.18. The third kappa shape index (κ3) is 4.68. The molecule has 3 heteroatoms. The fraction of sp³-hybridized carbons (Fsp3) is 0. The molecule has 0 radical (unpaired) electrons. The van der Waals surface area contributed by atoms with Gasteiger partial charge in [-0.1, -0.05) is 97.1 Å². The SMILES string of the molecule is c1ccc(N(c2ccc(-c3ccc4c5c(cccc35)-c3ccccc3-4)cc2)c2cc(-c3ccccn3)cc(-c3ccccn3)c2)cc1. The van der Waals surface area contributed by atoms with Crippen LogP contribution >= 0.6 is 0 Å². The Labute approximate surface area is 274 Å². The van der Waals surface area contributed by atoms with Crippen LogP contribution in [-0.4, -0.2) is 9.97 Å². The van der Waals surface area contributed by atoms with Crippen LogP contribution in [-0.2, 0) is 0 Å². The highest BCUT2D eigenvalue weighted by atomic mass is 15.1. The molecular weight excluding hydrogens is 571 g/mol. The minimum absolute atomic E-state index is 0.920. The first-order valence-electron chi connectivity index (χ1n) is 15.9. The highest BCUT2D eigenvalue weighted by Crippen LogP contribution is 2.49. The second-order valence-corrected chi connectivity index (χ2v) is 11.9. The van der Waals surface area contributed by atoms with Gasteiger partial charge in [-0.05, 0) is 111 Å². The van der Waals surface area contributed by atoms with Crippen LogP contribution in [0.4, 0.5) is 17.1 Å². The van der Waals surface area contributed by atoms with E-state index in [1.54, 1.807) is 0 Å². The van der Waals surface area contributed by atoms with E-state index in [4.69, 9.17) is 9.97 Å². The molecule has 8 aromatic rings. The summed E-state index contributed by atoms with van der Waals surface area (Å²) in [5.41, 5.74) is 14.8. The number of fused-ring (bicyclic) bond motifs is 3. The summed E-state index contributed by atoms with van der Waals surface area (Å²) in [6, 6.07) is 58.2. The predicted octanol–water partition coefficient (Wildman–Crippen LogP) is 11.7. The monoisotopic (exact) mass is 599 g/mol. The summed E-state index contributed by atoms with van der Waals surface area (Å²) in [6.45, 7) is 0. The van der Waals surface area contributed by atoms with Gasteiger partial charge in [0, 0.05) is 40.6 Å². The molecule has 220 valence electrons. The molecule has 0 amide bonds. The van der Waals surface area contributed by atoms with Crippen LogP contribution in [0, 0.1) is 0 Å². The van der Waals surface area contributed by atoms with Gasteiger partial charge in [0.25, 0.3) is 0 Å². The van der Waals surface area contributed by atoms with Gasteiger partial charge in [-0.3, -0.25) is 9.97 Å². The molecule has 0 unspecified atom stereocenters. The van der Waals surface area contributed by atoms with Gasteiger partial charge in [0.2, 0.25) is 0 Å². The zero-order valence-electron chi connectivity index (χ0n) is 25.6. The Morgan fingerprint density at radius 1 is 0.340 bits per heavy atom. The summed E-state index contributed by atoms with van der Waals surface area (Å²) in [6.07, 6.45) is 3.68. The number of para-hydroxylation sites is 1. The summed E-state index contributed by atoms with van der Waals surface area (Å²) in [5, 5.41) is 2.63. The van der Waals surface area contributed by atoms with E-state index in [1.807, 2.05) is 36.7 Å². The first-order chi connectivity index (χ1) is 23.3. The van der Waals surface area contributed by atoms with E-state index in [1.165, 1.54) is 44.2 Å². The van der Waals surface area contributed by atoms with Gasteiger partial charge in [-0.25, -0.2) is 0 Å². The smallest absolute Gasteiger partial charge is 0.0702 e. The summed E-state index contributed by atoms with van der Waals surface area (Å²) >= 11 is 0. The van der Waals surface area contributed by atoms with Crippen molar-refractivity contribution < 1.29 is 0 Å². The molecule has 0 saturated heterocycles. The summed E-state index contributed by atoms with van der Waals surface area (Å²) in [5.74, 6) is 0. The molecule has 2 aromatic heterocycles. The Morgan fingerprint density at radius 2 is 0.894 bits per heavy atom. The molecular formula is C44H29N3. The van der Waals surface area contributed by atoms with Gasteiger partial charge in [-0.2, -0.15) is 0 Å². The van der Waals surface area contributed by atoms with Crippen LogP contribution in [0.5, 0.6) is 0 Å². The largest absolute Gasteiger partial charge is 0.310 e. The number of rotatable bonds is 6. The standard InChI is InChI=1S/C44H29N3/c1-2-11-33(12-3-1)47(35-28-31(42-17-6-8-25-45-42)27-32(29-35)43-18-7-9-26-46-43)34-21-19-30(20-22-34)36-23-24-41-38-14-5-4-13-37(38)40-16-10-15-39(36)44(40)41/h1-29H. The molecule has 0 saturated carbocycles. The molecule has 0 aliphatic heterocycles. The topological polar surface area (TPSA) is 29.0 Å². The van der Waals surface area contributed by atoms with Crippen molar-refractivity contribution >= 4 is 27.8 Å².